The Kier molecular flexibility index (Phi) is 7.82. The normalized spacial score (nSPS) is 15.3. The summed E-state index contributed by atoms with van der Waals surface area (Å²) in [6.45, 7) is 8.30. The van der Waals surface area contributed by atoms with E-state index in [1.807, 2.05) is 73.7 Å². The van der Waals surface area contributed by atoms with E-state index in [9.17, 15) is 9.59 Å². The number of thiazole rings is 1. The van der Waals surface area contributed by atoms with E-state index < -0.39 is 12.0 Å². The summed E-state index contributed by atoms with van der Waals surface area (Å²) in [6, 6.07) is 23.0. The number of benzene rings is 3. The highest BCUT2D eigenvalue weighted by Gasteiger charge is 2.35. The van der Waals surface area contributed by atoms with Crippen molar-refractivity contribution in [3.63, 3.8) is 0 Å². The van der Waals surface area contributed by atoms with Gasteiger partial charge in [0.2, 0.25) is 0 Å². The first-order valence-electron chi connectivity index (χ1n) is 12.9. The number of fused-ring (bicyclic) bond motifs is 1. The van der Waals surface area contributed by atoms with Crippen LogP contribution in [0, 0.1) is 6.92 Å². The predicted octanol–water partition coefficient (Wildman–Crippen LogP) is 6.13. The van der Waals surface area contributed by atoms with Crippen molar-refractivity contribution in [2.24, 2.45) is 4.99 Å². The topological polar surface area (TPSA) is 60.7 Å². The van der Waals surface area contributed by atoms with Gasteiger partial charge in [-0.05, 0) is 54.2 Å². The van der Waals surface area contributed by atoms with E-state index >= 15 is 0 Å². The standard InChI is InChI=1S/C32H29BrN2O3S/c1-5-38-31(37)27-28(23-9-7-6-8-10-23)34-32-35(29(27)24-15-13-22(14-16-24)19(2)3)30(36)26(39-32)18-21-12-11-20(4)25(33)17-21/h6-19,29H,5H2,1-4H3/b26-18-/t29-/m0/s1. The first-order chi connectivity index (χ1) is 18.8. The molecule has 0 radical (unpaired) electrons. The van der Waals surface area contributed by atoms with Gasteiger partial charge in [-0.1, -0.05) is 108 Å². The van der Waals surface area contributed by atoms with Gasteiger partial charge in [-0.15, -0.1) is 0 Å². The van der Waals surface area contributed by atoms with Crippen LogP contribution >= 0.6 is 27.3 Å². The number of ether oxygens (including phenoxy) is 1. The Morgan fingerprint density at radius 2 is 1.82 bits per heavy atom. The first-order valence-corrected chi connectivity index (χ1v) is 14.5. The Morgan fingerprint density at radius 3 is 2.46 bits per heavy atom. The fraction of sp³-hybridized carbons (Fsp3) is 0.219. The van der Waals surface area contributed by atoms with Crippen LogP contribution in [0.25, 0.3) is 11.8 Å². The molecule has 0 fully saturated rings. The van der Waals surface area contributed by atoms with Crippen LogP contribution < -0.4 is 14.9 Å². The molecule has 0 saturated heterocycles. The highest BCUT2D eigenvalue weighted by molar-refractivity contribution is 9.10. The van der Waals surface area contributed by atoms with Gasteiger partial charge in [-0.2, -0.15) is 0 Å². The average Bonchev–Trinajstić information content (AvgIpc) is 3.24. The molecule has 0 N–H and O–H groups in total. The molecule has 0 bridgehead atoms. The quantitative estimate of drug-likeness (QED) is 0.250. The van der Waals surface area contributed by atoms with Crippen LogP contribution in [0.5, 0.6) is 0 Å². The molecular weight excluding hydrogens is 572 g/mol. The van der Waals surface area contributed by atoms with E-state index in [2.05, 4.69) is 41.9 Å². The van der Waals surface area contributed by atoms with Crippen molar-refractivity contribution in [2.75, 3.05) is 6.61 Å². The van der Waals surface area contributed by atoms with E-state index in [1.54, 1.807) is 11.5 Å². The lowest BCUT2D eigenvalue weighted by molar-refractivity contribution is -0.138. The fourth-order valence-corrected chi connectivity index (χ4v) is 6.07. The molecule has 7 heteroatoms. The Balaban J connectivity index is 1.81. The Morgan fingerprint density at radius 1 is 1.10 bits per heavy atom. The lowest BCUT2D eigenvalue weighted by Crippen LogP contribution is -2.40. The lowest BCUT2D eigenvalue weighted by atomic mass is 9.91. The number of nitrogens with zero attached hydrogens (tertiary/aromatic N) is 2. The van der Waals surface area contributed by atoms with Crippen LogP contribution in [0.1, 0.15) is 60.5 Å². The van der Waals surface area contributed by atoms with Crippen molar-refractivity contribution in [1.29, 1.82) is 0 Å². The first kappa shape index (κ1) is 27.0. The molecule has 0 amide bonds. The molecule has 1 aliphatic rings. The van der Waals surface area contributed by atoms with E-state index in [4.69, 9.17) is 9.73 Å². The van der Waals surface area contributed by atoms with Gasteiger partial charge in [-0.25, -0.2) is 9.79 Å². The second-order valence-corrected chi connectivity index (χ2v) is 11.6. The second kappa shape index (κ2) is 11.3. The zero-order chi connectivity index (χ0) is 27.7. The maximum absolute atomic E-state index is 14.0. The van der Waals surface area contributed by atoms with Crippen LogP contribution in [0.2, 0.25) is 0 Å². The number of halogens is 1. The second-order valence-electron chi connectivity index (χ2n) is 9.76. The number of carbonyl (C=O) groups is 1. The van der Waals surface area contributed by atoms with E-state index in [0.29, 0.717) is 26.5 Å². The lowest BCUT2D eigenvalue weighted by Gasteiger charge is -2.26. The number of hydrogen-bond acceptors (Lipinski definition) is 5. The Labute approximate surface area is 240 Å². The summed E-state index contributed by atoms with van der Waals surface area (Å²) < 4.78 is 8.71. The number of rotatable bonds is 6. The van der Waals surface area contributed by atoms with E-state index in [-0.39, 0.29) is 12.2 Å². The minimum absolute atomic E-state index is 0.192. The monoisotopic (exact) mass is 600 g/mol. The van der Waals surface area contributed by atoms with Gasteiger partial charge in [0.15, 0.2) is 4.80 Å². The SMILES string of the molecule is CCOC(=O)C1=C(c2ccccc2)N=c2s/c(=C\c3ccc(C)c(Br)c3)c(=O)n2[C@H]1c1ccc(C(C)C)cc1. The molecule has 0 spiro atoms. The number of carbonyl (C=O) groups excluding carboxylic acids is 1. The van der Waals surface area contributed by atoms with Gasteiger partial charge in [0, 0.05) is 10.0 Å². The molecule has 39 heavy (non-hydrogen) atoms. The van der Waals surface area contributed by atoms with Crippen molar-refractivity contribution in [3.8, 4) is 0 Å². The molecule has 5 rings (SSSR count). The molecule has 0 saturated carbocycles. The van der Waals surface area contributed by atoms with Crippen LogP contribution in [-0.4, -0.2) is 17.1 Å². The van der Waals surface area contributed by atoms with Crippen LogP contribution in [0.4, 0.5) is 0 Å². The van der Waals surface area contributed by atoms with Crippen LogP contribution in [0.3, 0.4) is 0 Å². The zero-order valence-corrected chi connectivity index (χ0v) is 24.7. The average molecular weight is 602 g/mol. The van der Waals surface area contributed by atoms with Crippen molar-refractivity contribution >= 4 is 45.0 Å². The van der Waals surface area contributed by atoms with Gasteiger partial charge in [-0.3, -0.25) is 9.36 Å². The molecule has 1 atom stereocenters. The Bertz CT molecular complexity index is 1750. The molecule has 1 aromatic heterocycles. The molecule has 3 aromatic carbocycles. The van der Waals surface area contributed by atoms with Crippen molar-refractivity contribution in [3.05, 3.63) is 130 Å². The van der Waals surface area contributed by atoms with Crippen LogP contribution in [0.15, 0.2) is 92.6 Å². The summed E-state index contributed by atoms with van der Waals surface area (Å²) >= 11 is 4.91. The molecule has 0 aliphatic carbocycles. The number of aryl methyl sites for hydroxylation is 1. The summed E-state index contributed by atoms with van der Waals surface area (Å²) in [5.41, 5.74) is 5.52. The van der Waals surface area contributed by atoms with Crippen molar-refractivity contribution in [2.45, 2.75) is 39.7 Å². The largest absolute Gasteiger partial charge is 0.463 e. The van der Waals surface area contributed by atoms with Gasteiger partial charge in [0.1, 0.15) is 0 Å². The molecule has 0 unspecified atom stereocenters. The number of esters is 1. The van der Waals surface area contributed by atoms with Crippen LogP contribution in [-0.2, 0) is 9.53 Å². The third kappa shape index (κ3) is 5.34. The molecular formula is C32H29BrN2O3S. The van der Waals surface area contributed by atoms with E-state index in [1.165, 1.54) is 16.9 Å². The number of aromatic nitrogens is 1. The molecule has 2 heterocycles. The third-order valence-corrected chi connectivity index (χ3v) is 8.62. The maximum Gasteiger partial charge on any atom is 0.338 e. The smallest absolute Gasteiger partial charge is 0.338 e. The highest BCUT2D eigenvalue weighted by atomic mass is 79.9. The molecule has 4 aromatic rings. The fourth-order valence-electron chi connectivity index (χ4n) is 4.67. The maximum atomic E-state index is 14.0. The van der Waals surface area contributed by atoms with Gasteiger partial charge in [0.25, 0.3) is 5.56 Å². The predicted molar refractivity (Wildman–Crippen MR) is 160 cm³/mol. The summed E-state index contributed by atoms with van der Waals surface area (Å²) in [5.74, 6) is -0.121. The minimum atomic E-state index is -0.677. The summed E-state index contributed by atoms with van der Waals surface area (Å²) in [7, 11) is 0. The summed E-state index contributed by atoms with van der Waals surface area (Å²) in [5, 5.41) is 0. The highest BCUT2D eigenvalue weighted by Crippen LogP contribution is 2.35. The Hall–Kier alpha value is -3.55. The number of hydrogen-bond donors (Lipinski definition) is 0. The summed E-state index contributed by atoms with van der Waals surface area (Å²) in [4.78, 5) is 33.0. The van der Waals surface area contributed by atoms with Gasteiger partial charge < -0.3 is 4.74 Å². The minimum Gasteiger partial charge on any atom is -0.463 e. The zero-order valence-electron chi connectivity index (χ0n) is 22.3. The van der Waals surface area contributed by atoms with Crippen molar-refractivity contribution < 1.29 is 9.53 Å². The molecule has 198 valence electrons. The molecule has 1 aliphatic heterocycles. The van der Waals surface area contributed by atoms with Gasteiger partial charge in [0.05, 0.1) is 28.5 Å². The summed E-state index contributed by atoms with van der Waals surface area (Å²) in [6.07, 6.45) is 1.88. The van der Waals surface area contributed by atoms with Crippen molar-refractivity contribution in [1.82, 2.24) is 4.57 Å². The van der Waals surface area contributed by atoms with E-state index in [0.717, 1.165) is 26.7 Å². The van der Waals surface area contributed by atoms with Gasteiger partial charge >= 0.3 is 5.97 Å². The third-order valence-electron chi connectivity index (χ3n) is 6.79. The molecule has 5 nitrogen and oxygen atoms in total.